The van der Waals surface area contributed by atoms with Crippen LogP contribution in [0.3, 0.4) is 0 Å². The number of nitrogens with zero attached hydrogens (tertiary/aromatic N) is 1. The van der Waals surface area contributed by atoms with Gasteiger partial charge in [-0.15, -0.1) is 0 Å². The molecule has 114 valence electrons. The topological polar surface area (TPSA) is 63.1 Å². The van der Waals surface area contributed by atoms with E-state index in [4.69, 9.17) is 0 Å². The van der Waals surface area contributed by atoms with Crippen molar-refractivity contribution in [3.63, 3.8) is 0 Å². The van der Waals surface area contributed by atoms with E-state index in [1.165, 1.54) is 12.8 Å². The molecule has 2 N–H and O–H groups in total. The fraction of sp³-hybridized carbons (Fsp3) is 0.692. The third-order valence-corrected chi connectivity index (χ3v) is 5.87. The standard InChI is InChI=1S/C13H23N3O2S2/c1-10(19-3)7-15-20(17,18)13-6-12(16(2)9-13)8-14-11-4-5-11/h6,9-11,14-15H,4-5,7-8H2,1-3H3. The molecule has 1 atom stereocenters. The van der Waals surface area contributed by atoms with Gasteiger partial charge in [-0.25, -0.2) is 13.1 Å². The second kappa shape index (κ2) is 6.51. The molecule has 5 nitrogen and oxygen atoms in total. The molecule has 0 aromatic carbocycles. The zero-order chi connectivity index (χ0) is 14.8. The van der Waals surface area contributed by atoms with Crippen molar-refractivity contribution in [1.29, 1.82) is 0 Å². The quantitative estimate of drug-likeness (QED) is 0.759. The van der Waals surface area contributed by atoms with Gasteiger partial charge in [-0.05, 0) is 25.2 Å². The van der Waals surface area contributed by atoms with Gasteiger partial charge in [0.05, 0.1) is 4.90 Å². The molecule has 1 aliphatic rings. The number of nitrogens with one attached hydrogen (secondary N) is 2. The van der Waals surface area contributed by atoms with Gasteiger partial charge in [-0.2, -0.15) is 11.8 Å². The third-order valence-electron chi connectivity index (χ3n) is 3.51. The molecular formula is C13H23N3O2S2. The molecule has 0 bridgehead atoms. The summed E-state index contributed by atoms with van der Waals surface area (Å²) in [4.78, 5) is 0.348. The maximum Gasteiger partial charge on any atom is 0.242 e. The molecule has 0 aliphatic heterocycles. The lowest BCUT2D eigenvalue weighted by Crippen LogP contribution is -2.29. The first-order valence-electron chi connectivity index (χ1n) is 6.83. The van der Waals surface area contributed by atoms with Crippen LogP contribution >= 0.6 is 11.8 Å². The maximum absolute atomic E-state index is 12.2. The van der Waals surface area contributed by atoms with E-state index in [1.54, 1.807) is 24.0 Å². The molecule has 1 aliphatic carbocycles. The number of sulfonamides is 1. The smallest absolute Gasteiger partial charge is 0.242 e. The van der Waals surface area contributed by atoms with Gasteiger partial charge in [0.15, 0.2) is 0 Å². The molecule has 2 rings (SSSR count). The first-order valence-corrected chi connectivity index (χ1v) is 9.60. The number of aromatic nitrogens is 1. The van der Waals surface area contributed by atoms with Crippen molar-refractivity contribution in [2.45, 2.75) is 42.5 Å². The summed E-state index contributed by atoms with van der Waals surface area (Å²) in [6.07, 6.45) is 6.10. The van der Waals surface area contributed by atoms with Crippen LogP contribution < -0.4 is 10.0 Å². The molecule has 1 fully saturated rings. The Morgan fingerprint density at radius 2 is 2.20 bits per heavy atom. The minimum absolute atomic E-state index is 0.268. The number of thioether (sulfide) groups is 1. The molecule has 0 radical (unpaired) electrons. The van der Waals surface area contributed by atoms with Crippen LogP contribution in [-0.4, -0.2) is 37.1 Å². The van der Waals surface area contributed by atoms with Crippen LogP contribution in [0, 0.1) is 0 Å². The summed E-state index contributed by atoms with van der Waals surface area (Å²) in [5.41, 5.74) is 0.996. The fourth-order valence-electron chi connectivity index (χ4n) is 1.83. The van der Waals surface area contributed by atoms with Crippen molar-refractivity contribution >= 4 is 21.8 Å². The van der Waals surface area contributed by atoms with Gasteiger partial charge in [-0.3, -0.25) is 0 Å². The van der Waals surface area contributed by atoms with Crippen molar-refractivity contribution in [3.05, 3.63) is 18.0 Å². The highest BCUT2D eigenvalue weighted by Gasteiger charge is 2.22. The summed E-state index contributed by atoms with van der Waals surface area (Å²) in [5.74, 6) is 0. The minimum atomic E-state index is -3.40. The monoisotopic (exact) mass is 317 g/mol. The van der Waals surface area contributed by atoms with Crippen LogP contribution in [0.25, 0.3) is 0 Å². The van der Waals surface area contributed by atoms with E-state index in [1.807, 2.05) is 24.8 Å². The zero-order valence-corrected chi connectivity index (χ0v) is 13.9. The zero-order valence-electron chi connectivity index (χ0n) is 12.2. The lowest BCUT2D eigenvalue weighted by Gasteiger charge is -2.09. The van der Waals surface area contributed by atoms with Gasteiger partial charge < -0.3 is 9.88 Å². The van der Waals surface area contributed by atoms with E-state index in [-0.39, 0.29) is 5.25 Å². The van der Waals surface area contributed by atoms with Gasteiger partial charge in [0.2, 0.25) is 10.0 Å². The Morgan fingerprint density at radius 3 is 2.80 bits per heavy atom. The molecule has 1 aromatic heterocycles. The van der Waals surface area contributed by atoms with E-state index in [0.717, 1.165) is 12.2 Å². The Hall–Kier alpha value is -0.500. The molecule has 0 spiro atoms. The fourth-order valence-corrected chi connectivity index (χ4v) is 3.41. The van der Waals surface area contributed by atoms with Crippen molar-refractivity contribution in [2.24, 2.45) is 7.05 Å². The second-order valence-electron chi connectivity index (χ2n) is 5.33. The van der Waals surface area contributed by atoms with Gasteiger partial charge in [0.1, 0.15) is 0 Å². The maximum atomic E-state index is 12.2. The van der Waals surface area contributed by atoms with Gasteiger partial charge >= 0.3 is 0 Å². The second-order valence-corrected chi connectivity index (χ2v) is 8.37. The predicted molar refractivity (Wildman–Crippen MR) is 83.4 cm³/mol. The Balaban J connectivity index is 2.01. The average molecular weight is 317 g/mol. The van der Waals surface area contributed by atoms with E-state index >= 15 is 0 Å². The van der Waals surface area contributed by atoms with E-state index in [2.05, 4.69) is 10.0 Å². The van der Waals surface area contributed by atoms with E-state index in [0.29, 0.717) is 17.5 Å². The summed E-state index contributed by atoms with van der Waals surface area (Å²) in [6.45, 7) is 3.18. The Labute approximate surface area is 125 Å². The average Bonchev–Trinajstić information content (AvgIpc) is 3.16. The predicted octanol–water partition coefficient (Wildman–Crippen LogP) is 1.31. The highest BCUT2D eigenvalue weighted by molar-refractivity contribution is 7.99. The summed E-state index contributed by atoms with van der Waals surface area (Å²) < 4.78 is 29.0. The highest BCUT2D eigenvalue weighted by atomic mass is 32.2. The first kappa shape index (κ1) is 15.9. The van der Waals surface area contributed by atoms with Crippen LogP contribution in [0.2, 0.25) is 0 Å². The number of aryl methyl sites for hydroxylation is 1. The van der Waals surface area contributed by atoms with Crippen LogP contribution in [-0.2, 0) is 23.6 Å². The Morgan fingerprint density at radius 1 is 1.50 bits per heavy atom. The summed E-state index contributed by atoms with van der Waals surface area (Å²) in [6, 6.07) is 2.37. The molecule has 0 amide bonds. The molecule has 7 heteroatoms. The molecule has 20 heavy (non-hydrogen) atoms. The van der Waals surface area contributed by atoms with Gasteiger partial charge in [0, 0.05) is 43.3 Å². The van der Waals surface area contributed by atoms with Gasteiger partial charge in [-0.1, -0.05) is 6.92 Å². The highest BCUT2D eigenvalue weighted by Crippen LogP contribution is 2.20. The van der Waals surface area contributed by atoms with Crippen LogP contribution in [0.15, 0.2) is 17.2 Å². The van der Waals surface area contributed by atoms with Crippen molar-refractivity contribution in [3.8, 4) is 0 Å². The SMILES string of the molecule is CSC(C)CNS(=O)(=O)c1cc(CNC2CC2)n(C)c1. The molecule has 1 saturated carbocycles. The molecule has 1 unspecified atom stereocenters. The number of rotatable bonds is 8. The Bertz CT molecular complexity index is 550. The Kier molecular flexibility index (Phi) is 5.17. The number of hydrogen-bond donors (Lipinski definition) is 2. The molecule has 1 aromatic rings. The van der Waals surface area contributed by atoms with Crippen LogP contribution in [0.1, 0.15) is 25.5 Å². The lowest BCUT2D eigenvalue weighted by molar-refractivity contribution is 0.581. The lowest BCUT2D eigenvalue weighted by atomic mass is 10.4. The largest absolute Gasteiger partial charge is 0.352 e. The molecular weight excluding hydrogens is 294 g/mol. The molecule has 1 heterocycles. The summed E-state index contributed by atoms with van der Waals surface area (Å²) >= 11 is 1.65. The number of hydrogen-bond acceptors (Lipinski definition) is 4. The van der Waals surface area contributed by atoms with Crippen molar-refractivity contribution in [1.82, 2.24) is 14.6 Å². The third kappa shape index (κ3) is 4.25. The summed E-state index contributed by atoms with van der Waals surface area (Å²) in [5, 5.41) is 3.67. The van der Waals surface area contributed by atoms with E-state index in [9.17, 15) is 8.42 Å². The first-order chi connectivity index (χ1) is 9.42. The van der Waals surface area contributed by atoms with Gasteiger partial charge in [0.25, 0.3) is 0 Å². The van der Waals surface area contributed by atoms with Crippen LogP contribution in [0.5, 0.6) is 0 Å². The normalized spacial score (nSPS) is 17.4. The summed E-state index contributed by atoms with van der Waals surface area (Å²) in [7, 11) is -1.52. The van der Waals surface area contributed by atoms with E-state index < -0.39 is 10.0 Å². The van der Waals surface area contributed by atoms with Crippen LogP contribution in [0.4, 0.5) is 0 Å². The van der Waals surface area contributed by atoms with Crippen molar-refractivity contribution in [2.75, 3.05) is 12.8 Å². The minimum Gasteiger partial charge on any atom is -0.352 e. The van der Waals surface area contributed by atoms with Crippen molar-refractivity contribution < 1.29 is 8.42 Å². The molecule has 0 saturated heterocycles.